The Labute approximate surface area is 110 Å². The minimum absolute atomic E-state index is 0.222. The molecule has 1 unspecified atom stereocenters. The molecule has 0 radical (unpaired) electrons. The number of nitrogens with one attached hydrogen (secondary N) is 1. The fourth-order valence-corrected chi connectivity index (χ4v) is 2.91. The topological polar surface area (TPSA) is 41.6 Å². The number of amides is 1. The lowest BCUT2D eigenvalue weighted by atomic mass is 10.2. The van der Waals surface area contributed by atoms with E-state index >= 15 is 0 Å². The maximum absolute atomic E-state index is 12.1. The lowest BCUT2D eigenvalue weighted by Gasteiger charge is -2.25. The Bertz CT molecular complexity index is 259. The van der Waals surface area contributed by atoms with Crippen LogP contribution in [0.25, 0.3) is 0 Å². The maximum atomic E-state index is 12.1. The highest BCUT2D eigenvalue weighted by molar-refractivity contribution is 5.78. The van der Waals surface area contributed by atoms with E-state index in [1.165, 1.54) is 25.7 Å². The van der Waals surface area contributed by atoms with Crippen molar-refractivity contribution in [1.82, 2.24) is 10.2 Å². The second-order valence-corrected chi connectivity index (χ2v) is 5.43. The van der Waals surface area contributed by atoms with Crippen molar-refractivity contribution in [3.63, 3.8) is 0 Å². The molecule has 1 heterocycles. The minimum Gasteiger partial charge on any atom is -0.376 e. The molecule has 1 amide bonds. The van der Waals surface area contributed by atoms with Gasteiger partial charge in [-0.3, -0.25) is 4.79 Å². The fourth-order valence-electron chi connectivity index (χ4n) is 2.91. The highest BCUT2D eigenvalue weighted by atomic mass is 16.5. The first kappa shape index (κ1) is 13.8. The van der Waals surface area contributed by atoms with Gasteiger partial charge < -0.3 is 15.0 Å². The number of nitrogens with zero attached hydrogens (tertiary/aromatic N) is 1. The Hall–Kier alpha value is -0.610. The molecule has 4 heteroatoms. The smallest absolute Gasteiger partial charge is 0.236 e. The number of hydrogen-bond donors (Lipinski definition) is 1. The van der Waals surface area contributed by atoms with E-state index in [0.29, 0.717) is 12.6 Å². The number of carbonyl (C=O) groups is 1. The average Bonchev–Trinajstić information content (AvgIpc) is 3.06. The summed E-state index contributed by atoms with van der Waals surface area (Å²) < 4.78 is 5.60. The number of hydrogen-bond acceptors (Lipinski definition) is 3. The molecule has 0 aromatic heterocycles. The summed E-state index contributed by atoms with van der Waals surface area (Å²) in [5, 5.41) is 3.39. The van der Waals surface area contributed by atoms with Gasteiger partial charge in [0.2, 0.25) is 5.91 Å². The van der Waals surface area contributed by atoms with E-state index in [0.717, 1.165) is 32.5 Å². The van der Waals surface area contributed by atoms with Crippen LogP contribution in [0.1, 0.15) is 45.4 Å². The van der Waals surface area contributed by atoms with Gasteiger partial charge in [0.05, 0.1) is 12.6 Å². The Kier molecular flexibility index (Phi) is 5.45. The van der Waals surface area contributed by atoms with Crippen LogP contribution >= 0.6 is 0 Å². The van der Waals surface area contributed by atoms with Crippen LogP contribution in [0.3, 0.4) is 0 Å². The zero-order chi connectivity index (χ0) is 12.8. The van der Waals surface area contributed by atoms with E-state index in [1.54, 1.807) is 0 Å². The van der Waals surface area contributed by atoms with Crippen LogP contribution in [-0.2, 0) is 9.53 Å². The van der Waals surface area contributed by atoms with Crippen LogP contribution in [0.2, 0.25) is 0 Å². The molecule has 104 valence electrons. The maximum Gasteiger partial charge on any atom is 0.236 e. The summed E-state index contributed by atoms with van der Waals surface area (Å²) in [6.07, 6.45) is 7.56. The van der Waals surface area contributed by atoms with Gasteiger partial charge in [-0.2, -0.15) is 0 Å². The van der Waals surface area contributed by atoms with E-state index in [1.807, 2.05) is 11.8 Å². The molecule has 0 aromatic rings. The highest BCUT2D eigenvalue weighted by Gasteiger charge is 2.22. The average molecular weight is 254 g/mol. The van der Waals surface area contributed by atoms with Crippen LogP contribution in [0.15, 0.2) is 0 Å². The second-order valence-electron chi connectivity index (χ2n) is 5.43. The van der Waals surface area contributed by atoms with Crippen molar-refractivity contribution < 1.29 is 9.53 Å². The van der Waals surface area contributed by atoms with Crippen molar-refractivity contribution in [3.05, 3.63) is 0 Å². The number of ether oxygens (including phenoxy) is 1. The van der Waals surface area contributed by atoms with E-state index in [2.05, 4.69) is 5.32 Å². The van der Waals surface area contributed by atoms with Crippen LogP contribution in [0.5, 0.6) is 0 Å². The van der Waals surface area contributed by atoms with E-state index in [9.17, 15) is 4.79 Å². The predicted octanol–water partition coefficient (Wildman–Crippen LogP) is 1.55. The standard InChI is InChI=1S/C14H26N2O2/c1-2-16(11-13-8-5-9-18-13)14(17)10-15-12-6-3-4-7-12/h12-13,15H,2-11H2,1H3. The Balaban J connectivity index is 1.70. The van der Waals surface area contributed by atoms with Gasteiger partial charge in [0.25, 0.3) is 0 Å². The second kappa shape index (κ2) is 7.10. The molecule has 1 aliphatic carbocycles. The minimum atomic E-state index is 0.222. The van der Waals surface area contributed by atoms with Gasteiger partial charge in [-0.25, -0.2) is 0 Å². The predicted molar refractivity (Wildman–Crippen MR) is 71.5 cm³/mol. The third-order valence-corrected chi connectivity index (χ3v) is 4.08. The van der Waals surface area contributed by atoms with Gasteiger partial charge in [0, 0.05) is 25.7 Å². The molecule has 2 aliphatic rings. The Morgan fingerprint density at radius 3 is 2.67 bits per heavy atom. The van der Waals surface area contributed by atoms with Crippen molar-refractivity contribution >= 4 is 5.91 Å². The molecule has 1 saturated carbocycles. The molecule has 0 spiro atoms. The van der Waals surface area contributed by atoms with Gasteiger partial charge in [-0.15, -0.1) is 0 Å². The van der Waals surface area contributed by atoms with Crippen LogP contribution in [0.4, 0.5) is 0 Å². The summed E-state index contributed by atoms with van der Waals surface area (Å²) in [6.45, 7) is 4.94. The normalized spacial score (nSPS) is 24.6. The van der Waals surface area contributed by atoms with Gasteiger partial charge in [0.15, 0.2) is 0 Å². The molecular weight excluding hydrogens is 228 g/mol. The number of rotatable bonds is 6. The van der Waals surface area contributed by atoms with Gasteiger partial charge in [0.1, 0.15) is 0 Å². The molecule has 4 nitrogen and oxygen atoms in total. The molecule has 0 bridgehead atoms. The molecule has 1 saturated heterocycles. The first-order chi connectivity index (χ1) is 8.79. The molecule has 1 aliphatic heterocycles. The van der Waals surface area contributed by atoms with Gasteiger partial charge in [-0.1, -0.05) is 12.8 Å². The molecular formula is C14H26N2O2. The number of likely N-dealkylation sites (N-methyl/N-ethyl adjacent to an activating group) is 1. The molecule has 18 heavy (non-hydrogen) atoms. The van der Waals surface area contributed by atoms with E-state index in [-0.39, 0.29) is 12.0 Å². The largest absolute Gasteiger partial charge is 0.376 e. The SMILES string of the molecule is CCN(CC1CCCO1)C(=O)CNC1CCCC1. The quantitative estimate of drug-likeness (QED) is 0.782. The van der Waals surface area contributed by atoms with Gasteiger partial charge >= 0.3 is 0 Å². The van der Waals surface area contributed by atoms with Crippen LogP contribution in [-0.4, -0.2) is 49.2 Å². The monoisotopic (exact) mass is 254 g/mol. The fraction of sp³-hybridized carbons (Fsp3) is 0.929. The number of carbonyl (C=O) groups excluding carboxylic acids is 1. The Morgan fingerprint density at radius 2 is 2.06 bits per heavy atom. The zero-order valence-electron chi connectivity index (χ0n) is 11.5. The first-order valence-electron chi connectivity index (χ1n) is 7.42. The molecule has 1 N–H and O–H groups in total. The van der Waals surface area contributed by atoms with Crippen LogP contribution in [0, 0.1) is 0 Å². The molecule has 0 aromatic carbocycles. The van der Waals surface area contributed by atoms with Crippen molar-refractivity contribution in [2.75, 3.05) is 26.2 Å². The molecule has 1 atom stereocenters. The first-order valence-corrected chi connectivity index (χ1v) is 7.42. The summed E-state index contributed by atoms with van der Waals surface area (Å²) in [5.41, 5.74) is 0. The molecule has 2 rings (SSSR count). The van der Waals surface area contributed by atoms with E-state index in [4.69, 9.17) is 4.74 Å². The summed E-state index contributed by atoms with van der Waals surface area (Å²) in [5.74, 6) is 0.222. The lowest BCUT2D eigenvalue weighted by Crippen LogP contribution is -2.43. The summed E-state index contributed by atoms with van der Waals surface area (Å²) in [7, 11) is 0. The summed E-state index contributed by atoms with van der Waals surface area (Å²) >= 11 is 0. The van der Waals surface area contributed by atoms with Gasteiger partial charge in [-0.05, 0) is 32.6 Å². The third-order valence-electron chi connectivity index (χ3n) is 4.08. The van der Waals surface area contributed by atoms with Crippen molar-refractivity contribution in [1.29, 1.82) is 0 Å². The van der Waals surface area contributed by atoms with Crippen molar-refractivity contribution in [2.24, 2.45) is 0 Å². The van der Waals surface area contributed by atoms with Crippen molar-refractivity contribution in [2.45, 2.75) is 57.6 Å². The zero-order valence-corrected chi connectivity index (χ0v) is 11.5. The summed E-state index contributed by atoms with van der Waals surface area (Å²) in [4.78, 5) is 14.1. The van der Waals surface area contributed by atoms with Crippen molar-refractivity contribution in [3.8, 4) is 0 Å². The lowest BCUT2D eigenvalue weighted by molar-refractivity contribution is -0.131. The van der Waals surface area contributed by atoms with Crippen LogP contribution < -0.4 is 5.32 Å². The summed E-state index contributed by atoms with van der Waals surface area (Å²) in [6, 6.07) is 0.565. The highest BCUT2D eigenvalue weighted by Crippen LogP contribution is 2.17. The van der Waals surface area contributed by atoms with E-state index < -0.39 is 0 Å². The Morgan fingerprint density at radius 1 is 1.28 bits per heavy atom. The molecule has 2 fully saturated rings. The third kappa shape index (κ3) is 3.95.